The highest BCUT2D eigenvalue weighted by atomic mass is 79.9. The van der Waals surface area contributed by atoms with Crippen LogP contribution >= 0.6 is 15.9 Å². The zero-order valence-electron chi connectivity index (χ0n) is 7.70. The van der Waals surface area contributed by atoms with Crippen molar-refractivity contribution in [1.82, 2.24) is 10.3 Å². The molecule has 1 saturated heterocycles. The molecule has 1 N–H and O–H groups in total. The summed E-state index contributed by atoms with van der Waals surface area (Å²) in [4.78, 5) is 4.19. The number of aromatic nitrogens is 1. The van der Waals surface area contributed by atoms with Crippen molar-refractivity contribution in [2.24, 2.45) is 5.92 Å². The summed E-state index contributed by atoms with van der Waals surface area (Å²) < 4.78 is 1.06. The second kappa shape index (κ2) is 3.17. The third-order valence-electron chi connectivity index (χ3n) is 3.06. The van der Waals surface area contributed by atoms with Crippen molar-refractivity contribution in [3.63, 3.8) is 0 Å². The average Bonchev–Trinajstić information content (AvgIpc) is 2.43. The second-order valence-corrected chi connectivity index (χ2v) is 4.88. The van der Waals surface area contributed by atoms with Gasteiger partial charge in [0.05, 0.1) is 0 Å². The van der Waals surface area contributed by atoms with Gasteiger partial charge >= 0.3 is 0 Å². The summed E-state index contributed by atoms with van der Waals surface area (Å²) in [7, 11) is 0. The van der Waals surface area contributed by atoms with Gasteiger partial charge in [0.25, 0.3) is 0 Å². The van der Waals surface area contributed by atoms with Gasteiger partial charge in [0.15, 0.2) is 0 Å². The van der Waals surface area contributed by atoms with Crippen LogP contribution in [0.25, 0.3) is 5.57 Å². The fraction of sp³-hybridized carbons (Fsp3) is 0.364. The highest BCUT2D eigenvalue weighted by molar-refractivity contribution is 9.10. The maximum Gasteiger partial charge on any atom is 0.0410 e. The number of fused-ring (bicyclic) bond motifs is 1. The normalized spacial score (nSPS) is 29.4. The van der Waals surface area contributed by atoms with E-state index < -0.39 is 0 Å². The number of nitrogens with one attached hydrogen (secondary N) is 1. The molecule has 2 aliphatic rings. The molecule has 0 bridgehead atoms. The van der Waals surface area contributed by atoms with Crippen LogP contribution in [-0.2, 0) is 0 Å². The number of hydrogen-bond donors (Lipinski definition) is 1. The van der Waals surface area contributed by atoms with Gasteiger partial charge in [0.1, 0.15) is 0 Å². The minimum Gasteiger partial charge on any atom is -0.312 e. The van der Waals surface area contributed by atoms with Gasteiger partial charge in [-0.05, 0) is 39.6 Å². The molecule has 0 radical (unpaired) electrons. The fourth-order valence-corrected chi connectivity index (χ4v) is 2.55. The van der Waals surface area contributed by atoms with Gasteiger partial charge in [-0.2, -0.15) is 0 Å². The molecule has 0 amide bonds. The SMILES string of the molecule is Brc1cncc(C2=C[C@@H]3CN[C@@H]3C2)c1. The Labute approximate surface area is 91.6 Å². The van der Waals surface area contributed by atoms with Crippen molar-refractivity contribution in [3.05, 3.63) is 34.6 Å². The van der Waals surface area contributed by atoms with Crippen molar-refractivity contribution >= 4 is 21.5 Å². The first-order chi connectivity index (χ1) is 6.83. The van der Waals surface area contributed by atoms with E-state index in [2.05, 4.69) is 38.4 Å². The fourth-order valence-electron chi connectivity index (χ4n) is 2.18. The van der Waals surface area contributed by atoms with Gasteiger partial charge in [-0.1, -0.05) is 6.08 Å². The van der Waals surface area contributed by atoms with Crippen LogP contribution in [-0.4, -0.2) is 17.6 Å². The Morgan fingerprint density at radius 3 is 2.93 bits per heavy atom. The highest BCUT2D eigenvalue weighted by Gasteiger charge is 2.34. The Kier molecular flexibility index (Phi) is 1.96. The van der Waals surface area contributed by atoms with E-state index in [1.165, 1.54) is 11.1 Å². The molecular weight excluding hydrogens is 240 g/mol. The summed E-state index contributed by atoms with van der Waals surface area (Å²) in [6, 6.07) is 2.84. The Morgan fingerprint density at radius 1 is 1.43 bits per heavy atom. The number of rotatable bonds is 1. The molecule has 14 heavy (non-hydrogen) atoms. The molecule has 72 valence electrons. The van der Waals surface area contributed by atoms with E-state index in [-0.39, 0.29) is 0 Å². The summed E-state index contributed by atoms with van der Waals surface area (Å²) in [6.45, 7) is 1.15. The predicted octanol–water partition coefficient (Wildman–Crippen LogP) is 2.22. The van der Waals surface area contributed by atoms with E-state index in [1.807, 2.05) is 12.4 Å². The molecule has 1 aromatic rings. The molecular formula is C11H11BrN2. The predicted molar refractivity (Wildman–Crippen MR) is 59.8 cm³/mol. The van der Waals surface area contributed by atoms with Gasteiger partial charge in [0.2, 0.25) is 0 Å². The van der Waals surface area contributed by atoms with Crippen LogP contribution in [0.2, 0.25) is 0 Å². The van der Waals surface area contributed by atoms with Crippen molar-refractivity contribution in [2.45, 2.75) is 12.5 Å². The summed E-state index contributed by atoms with van der Waals surface area (Å²) in [5.41, 5.74) is 2.70. The number of pyridine rings is 1. The summed E-state index contributed by atoms with van der Waals surface area (Å²) >= 11 is 3.45. The maximum absolute atomic E-state index is 4.19. The first-order valence-corrected chi connectivity index (χ1v) is 5.67. The van der Waals surface area contributed by atoms with E-state index in [4.69, 9.17) is 0 Å². The number of halogens is 1. The maximum atomic E-state index is 4.19. The Balaban J connectivity index is 1.92. The zero-order valence-corrected chi connectivity index (χ0v) is 9.29. The first-order valence-electron chi connectivity index (χ1n) is 4.88. The quantitative estimate of drug-likeness (QED) is 0.827. The Bertz CT molecular complexity index is 400. The molecule has 2 atom stereocenters. The lowest BCUT2D eigenvalue weighted by Crippen LogP contribution is -2.49. The molecule has 0 saturated carbocycles. The molecule has 1 aliphatic carbocycles. The lowest BCUT2D eigenvalue weighted by Gasteiger charge is -2.31. The Morgan fingerprint density at radius 2 is 2.36 bits per heavy atom. The van der Waals surface area contributed by atoms with Crippen LogP contribution in [0, 0.1) is 5.92 Å². The lowest BCUT2D eigenvalue weighted by atomic mass is 9.95. The molecule has 1 aliphatic heterocycles. The van der Waals surface area contributed by atoms with E-state index >= 15 is 0 Å². The molecule has 2 nitrogen and oxygen atoms in total. The van der Waals surface area contributed by atoms with Gasteiger partial charge in [-0.25, -0.2) is 0 Å². The molecule has 1 fully saturated rings. The van der Waals surface area contributed by atoms with E-state index in [0.717, 1.165) is 23.4 Å². The van der Waals surface area contributed by atoms with Crippen molar-refractivity contribution in [1.29, 1.82) is 0 Å². The molecule has 0 spiro atoms. The third kappa shape index (κ3) is 1.31. The van der Waals surface area contributed by atoms with E-state index in [9.17, 15) is 0 Å². The third-order valence-corrected chi connectivity index (χ3v) is 3.50. The average molecular weight is 251 g/mol. The van der Waals surface area contributed by atoms with Crippen LogP contribution in [0.4, 0.5) is 0 Å². The van der Waals surface area contributed by atoms with Gasteiger partial charge in [0, 0.05) is 35.4 Å². The molecule has 1 aromatic heterocycles. The van der Waals surface area contributed by atoms with Crippen LogP contribution in [0.15, 0.2) is 29.0 Å². The van der Waals surface area contributed by atoms with Crippen molar-refractivity contribution in [3.8, 4) is 0 Å². The molecule has 2 heterocycles. The largest absolute Gasteiger partial charge is 0.312 e. The smallest absolute Gasteiger partial charge is 0.0410 e. The van der Waals surface area contributed by atoms with Crippen molar-refractivity contribution < 1.29 is 0 Å². The van der Waals surface area contributed by atoms with Crippen LogP contribution < -0.4 is 5.32 Å². The topological polar surface area (TPSA) is 24.9 Å². The van der Waals surface area contributed by atoms with E-state index in [1.54, 1.807) is 0 Å². The van der Waals surface area contributed by atoms with Crippen LogP contribution in [0.5, 0.6) is 0 Å². The van der Waals surface area contributed by atoms with Crippen LogP contribution in [0.3, 0.4) is 0 Å². The summed E-state index contributed by atoms with van der Waals surface area (Å²) in [6.07, 6.45) is 7.32. The lowest BCUT2D eigenvalue weighted by molar-refractivity contribution is 0.306. The van der Waals surface area contributed by atoms with Gasteiger partial charge in [-0.3, -0.25) is 4.98 Å². The molecule has 0 unspecified atom stereocenters. The summed E-state index contributed by atoms with van der Waals surface area (Å²) in [5.74, 6) is 0.768. The highest BCUT2D eigenvalue weighted by Crippen LogP contribution is 2.36. The van der Waals surface area contributed by atoms with Crippen molar-refractivity contribution in [2.75, 3.05) is 6.54 Å². The van der Waals surface area contributed by atoms with Crippen LogP contribution in [0.1, 0.15) is 12.0 Å². The summed E-state index contributed by atoms with van der Waals surface area (Å²) in [5, 5.41) is 3.44. The van der Waals surface area contributed by atoms with Gasteiger partial charge < -0.3 is 5.32 Å². The second-order valence-electron chi connectivity index (χ2n) is 3.97. The zero-order chi connectivity index (χ0) is 9.54. The van der Waals surface area contributed by atoms with Gasteiger partial charge in [-0.15, -0.1) is 0 Å². The minimum atomic E-state index is 0.698. The van der Waals surface area contributed by atoms with E-state index in [0.29, 0.717) is 6.04 Å². The first kappa shape index (κ1) is 8.62. The monoisotopic (exact) mass is 250 g/mol. The Hall–Kier alpha value is -0.670. The number of nitrogens with zero attached hydrogens (tertiary/aromatic N) is 1. The minimum absolute atomic E-state index is 0.698. The molecule has 3 rings (SSSR count). The molecule has 3 heteroatoms. The standard InChI is InChI=1S/C11H11BrN2/c12-10-2-8(4-13-6-10)7-1-9-5-14-11(9)3-7/h1-2,4,6,9,11,14H,3,5H2/t9-,11-/m1/s1. The number of hydrogen-bond acceptors (Lipinski definition) is 2. The molecule has 0 aromatic carbocycles.